The Bertz CT molecular complexity index is 392. The number of oxime groups is 1. The minimum absolute atomic E-state index is 0. The Labute approximate surface area is 108 Å². The number of anilines is 1. The molecule has 96 valence electrons. The molecule has 17 heavy (non-hydrogen) atoms. The van der Waals surface area contributed by atoms with E-state index in [1.165, 1.54) is 0 Å². The third kappa shape index (κ3) is 4.53. The highest BCUT2D eigenvalue weighted by Crippen LogP contribution is 2.19. The van der Waals surface area contributed by atoms with Gasteiger partial charge in [0.05, 0.1) is 5.71 Å². The van der Waals surface area contributed by atoms with Crippen molar-refractivity contribution in [3.8, 4) is 5.75 Å². The molecule has 0 saturated heterocycles. The van der Waals surface area contributed by atoms with Gasteiger partial charge in [0.2, 0.25) is 0 Å². The summed E-state index contributed by atoms with van der Waals surface area (Å²) in [5.74, 6) is 0.845. The topological polar surface area (TPSA) is 67.8 Å². The standard InChI is InChI=1S/C12H18N2O2.ClH/c1-8(2)12(14-15)7-16-10-5-4-9(3)11(13)6-10;/h4-6,8,15H,7,13H2,1-3H3;1H/b14-12+;. The van der Waals surface area contributed by atoms with Gasteiger partial charge in [-0.2, -0.15) is 0 Å². The van der Waals surface area contributed by atoms with Crippen molar-refractivity contribution in [1.29, 1.82) is 0 Å². The number of halogens is 1. The van der Waals surface area contributed by atoms with Gasteiger partial charge in [-0.3, -0.25) is 0 Å². The monoisotopic (exact) mass is 258 g/mol. The highest BCUT2D eigenvalue weighted by Gasteiger charge is 2.07. The average molecular weight is 259 g/mol. The van der Waals surface area contributed by atoms with Crippen LogP contribution < -0.4 is 10.5 Å². The van der Waals surface area contributed by atoms with E-state index >= 15 is 0 Å². The van der Waals surface area contributed by atoms with E-state index in [0.717, 1.165) is 5.56 Å². The third-order valence-electron chi connectivity index (χ3n) is 2.43. The molecule has 3 N–H and O–H groups in total. The summed E-state index contributed by atoms with van der Waals surface area (Å²) in [5.41, 5.74) is 8.09. The van der Waals surface area contributed by atoms with Crippen molar-refractivity contribution < 1.29 is 9.94 Å². The number of hydrogen-bond acceptors (Lipinski definition) is 4. The summed E-state index contributed by atoms with van der Waals surface area (Å²) in [6.07, 6.45) is 0. The lowest BCUT2D eigenvalue weighted by atomic mass is 10.1. The van der Waals surface area contributed by atoms with E-state index in [4.69, 9.17) is 15.7 Å². The zero-order valence-corrected chi connectivity index (χ0v) is 11.1. The van der Waals surface area contributed by atoms with E-state index in [0.29, 0.717) is 17.1 Å². The third-order valence-corrected chi connectivity index (χ3v) is 2.43. The van der Waals surface area contributed by atoms with Crippen LogP contribution >= 0.6 is 12.4 Å². The highest BCUT2D eigenvalue weighted by molar-refractivity contribution is 5.87. The molecule has 0 aliphatic rings. The van der Waals surface area contributed by atoms with Crippen molar-refractivity contribution >= 4 is 23.8 Å². The van der Waals surface area contributed by atoms with Crippen LogP contribution in [0.1, 0.15) is 19.4 Å². The maximum atomic E-state index is 8.76. The number of rotatable bonds is 4. The van der Waals surface area contributed by atoms with Gasteiger partial charge in [-0.15, -0.1) is 12.4 Å². The zero-order valence-electron chi connectivity index (χ0n) is 10.3. The lowest BCUT2D eigenvalue weighted by Gasteiger charge is -2.11. The van der Waals surface area contributed by atoms with Crippen LogP contribution in [0, 0.1) is 12.8 Å². The molecular weight excluding hydrogens is 240 g/mol. The molecule has 0 spiro atoms. The van der Waals surface area contributed by atoms with Crippen molar-refractivity contribution in [2.75, 3.05) is 12.3 Å². The van der Waals surface area contributed by atoms with Gasteiger partial charge in [-0.25, -0.2) is 0 Å². The second kappa shape index (κ2) is 7.01. The molecule has 0 bridgehead atoms. The second-order valence-electron chi connectivity index (χ2n) is 4.05. The van der Waals surface area contributed by atoms with Gasteiger partial charge in [0, 0.05) is 11.8 Å². The molecule has 0 heterocycles. The summed E-state index contributed by atoms with van der Waals surface area (Å²) in [7, 11) is 0. The zero-order chi connectivity index (χ0) is 12.1. The molecule has 0 fully saturated rings. The molecular formula is C12H19ClN2O2. The van der Waals surface area contributed by atoms with Crippen LogP contribution in [-0.2, 0) is 0 Å². The molecule has 0 radical (unpaired) electrons. The lowest BCUT2D eigenvalue weighted by molar-refractivity contribution is 0.302. The number of benzene rings is 1. The smallest absolute Gasteiger partial charge is 0.130 e. The quantitative estimate of drug-likeness (QED) is 0.378. The Morgan fingerprint density at radius 2 is 2.12 bits per heavy atom. The Hall–Kier alpha value is -1.42. The fraction of sp³-hybridized carbons (Fsp3) is 0.417. The van der Waals surface area contributed by atoms with Crippen molar-refractivity contribution in [3.63, 3.8) is 0 Å². The fourth-order valence-corrected chi connectivity index (χ4v) is 1.18. The maximum absolute atomic E-state index is 8.76. The molecule has 5 heteroatoms. The first kappa shape index (κ1) is 15.6. The SMILES string of the molecule is Cc1ccc(OC/C(=N\O)C(C)C)cc1N.Cl. The van der Waals surface area contributed by atoms with E-state index in [1.54, 1.807) is 6.07 Å². The number of nitrogens with zero attached hydrogens (tertiary/aromatic N) is 1. The minimum Gasteiger partial charge on any atom is -0.487 e. The van der Waals surface area contributed by atoms with Gasteiger partial charge in [-0.05, 0) is 24.5 Å². The van der Waals surface area contributed by atoms with E-state index in [2.05, 4.69) is 5.16 Å². The Balaban J connectivity index is 0.00000256. The Kier molecular flexibility index (Phi) is 6.43. The van der Waals surface area contributed by atoms with Crippen molar-refractivity contribution in [2.45, 2.75) is 20.8 Å². The van der Waals surface area contributed by atoms with Crippen LogP contribution in [0.3, 0.4) is 0 Å². The van der Waals surface area contributed by atoms with Gasteiger partial charge in [0.1, 0.15) is 12.4 Å². The molecule has 0 unspecified atom stereocenters. The summed E-state index contributed by atoms with van der Waals surface area (Å²) in [6.45, 7) is 6.11. The van der Waals surface area contributed by atoms with Crippen LogP contribution in [0.5, 0.6) is 5.75 Å². The van der Waals surface area contributed by atoms with E-state index in [1.807, 2.05) is 32.9 Å². The molecule has 0 aliphatic carbocycles. The number of nitrogens with two attached hydrogens (primary N) is 1. The first-order valence-electron chi connectivity index (χ1n) is 5.24. The average Bonchev–Trinajstić information content (AvgIpc) is 2.23. The number of ether oxygens (including phenoxy) is 1. The highest BCUT2D eigenvalue weighted by atomic mass is 35.5. The van der Waals surface area contributed by atoms with Crippen LogP contribution in [0.15, 0.2) is 23.4 Å². The predicted octanol–water partition coefficient (Wildman–Crippen LogP) is 2.86. The van der Waals surface area contributed by atoms with Crippen LogP contribution in [-0.4, -0.2) is 17.5 Å². The van der Waals surface area contributed by atoms with Gasteiger partial charge in [0.25, 0.3) is 0 Å². The van der Waals surface area contributed by atoms with Crippen LogP contribution in [0.2, 0.25) is 0 Å². The summed E-state index contributed by atoms with van der Waals surface area (Å²) in [4.78, 5) is 0. The minimum atomic E-state index is 0. The van der Waals surface area contributed by atoms with E-state index in [9.17, 15) is 0 Å². The fourth-order valence-electron chi connectivity index (χ4n) is 1.18. The maximum Gasteiger partial charge on any atom is 0.130 e. The summed E-state index contributed by atoms with van der Waals surface area (Å²) in [5, 5.41) is 12.0. The molecule has 1 aromatic rings. The largest absolute Gasteiger partial charge is 0.487 e. The van der Waals surface area contributed by atoms with E-state index in [-0.39, 0.29) is 24.9 Å². The molecule has 0 aromatic heterocycles. The van der Waals surface area contributed by atoms with Crippen molar-refractivity contribution in [2.24, 2.45) is 11.1 Å². The molecule has 0 amide bonds. The molecule has 1 rings (SSSR count). The Morgan fingerprint density at radius 3 is 2.59 bits per heavy atom. The van der Waals surface area contributed by atoms with Gasteiger partial charge >= 0.3 is 0 Å². The number of nitrogen functional groups attached to an aromatic ring is 1. The normalized spacial score (nSPS) is 11.2. The molecule has 0 aliphatic heterocycles. The Morgan fingerprint density at radius 1 is 1.47 bits per heavy atom. The predicted molar refractivity (Wildman–Crippen MR) is 72.4 cm³/mol. The second-order valence-corrected chi connectivity index (χ2v) is 4.05. The van der Waals surface area contributed by atoms with Gasteiger partial charge in [-0.1, -0.05) is 25.1 Å². The molecule has 0 saturated carbocycles. The summed E-state index contributed by atoms with van der Waals surface area (Å²) >= 11 is 0. The van der Waals surface area contributed by atoms with Gasteiger partial charge in [0.15, 0.2) is 0 Å². The summed E-state index contributed by atoms with van der Waals surface area (Å²) < 4.78 is 5.49. The molecule has 1 aromatic carbocycles. The van der Waals surface area contributed by atoms with Crippen LogP contribution in [0.4, 0.5) is 5.69 Å². The lowest BCUT2D eigenvalue weighted by Crippen LogP contribution is -2.17. The first-order valence-corrected chi connectivity index (χ1v) is 5.24. The van der Waals surface area contributed by atoms with Crippen LogP contribution in [0.25, 0.3) is 0 Å². The van der Waals surface area contributed by atoms with Gasteiger partial charge < -0.3 is 15.7 Å². The summed E-state index contributed by atoms with van der Waals surface area (Å²) in [6, 6.07) is 5.52. The molecule has 0 atom stereocenters. The van der Waals surface area contributed by atoms with Crippen molar-refractivity contribution in [1.82, 2.24) is 0 Å². The number of hydrogen-bond donors (Lipinski definition) is 2. The van der Waals surface area contributed by atoms with Crippen molar-refractivity contribution in [3.05, 3.63) is 23.8 Å². The molecule has 4 nitrogen and oxygen atoms in total. The number of aryl methyl sites for hydroxylation is 1. The van der Waals surface area contributed by atoms with E-state index < -0.39 is 0 Å². The first-order chi connectivity index (χ1) is 7.54.